The number of hydrogen-bond donors (Lipinski definition) is 2. The zero-order valence-corrected chi connectivity index (χ0v) is 13.7. The van der Waals surface area contributed by atoms with E-state index in [0.29, 0.717) is 30.5 Å². The topological polar surface area (TPSA) is 81.4 Å². The van der Waals surface area contributed by atoms with E-state index in [2.05, 4.69) is 18.6 Å². The molecule has 0 aliphatic heterocycles. The lowest BCUT2D eigenvalue weighted by atomic mass is 9.93. The normalized spacial score (nSPS) is 17.0. The lowest BCUT2D eigenvalue weighted by molar-refractivity contribution is 0.330. The van der Waals surface area contributed by atoms with Crippen LogP contribution in [0.5, 0.6) is 5.75 Å². The van der Waals surface area contributed by atoms with Gasteiger partial charge in [0.05, 0.1) is 6.61 Å². The van der Waals surface area contributed by atoms with E-state index in [4.69, 9.17) is 10.5 Å². The maximum absolute atomic E-state index is 12.5. The van der Waals surface area contributed by atoms with Crippen molar-refractivity contribution in [1.29, 1.82) is 0 Å². The van der Waals surface area contributed by atoms with Gasteiger partial charge in [0, 0.05) is 12.2 Å². The molecule has 1 saturated carbocycles. The first kappa shape index (κ1) is 16.1. The van der Waals surface area contributed by atoms with Crippen molar-refractivity contribution in [1.82, 2.24) is 4.72 Å². The van der Waals surface area contributed by atoms with Gasteiger partial charge in [-0.2, -0.15) is 0 Å². The van der Waals surface area contributed by atoms with Crippen LogP contribution in [0.2, 0.25) is 0 Å². The molecule has 2 rings (SSSR count). The van der Waals surface area contributed by atoms with Gasteiger partial charge in [0.25, 0.3) is 0 Å². The fraction of sp³-hybridized carbons (Fsp3) is 0.600. The fourth-order valence-corrected chi connectivity index (χ4v) is 3.76. The standard InChI is InChI=1S/C15H24N2O3S/c1-4-20-13-6-5-12(16)9-14(13)21(18,19)17-10-15(7-8-15)11(2)3/h5-6,9,11,17H,4,7-8,10,16H2,1-3H3. The van der Waals surface area contributed by atoms with E-state index in [-0.39, 0.29) is 10.3 Å². The molecule has 6 heteroatoms. The first-order chi connectivity index (χ1) is 9.81. The third kappa shape index (κ3) is 3.49. The van der Waals surface area contributed by atoms with Crippen molar-refractivity contribution in [2.45, 2.75) is 38.5 Å². The quantitative estimate of drug-likeness (QED) is 0.757. The van der Waals surface area contributed by atoms with Crippen LogP contribution in [0, 0.1) is 11.3 Å². The molecule has 0 amide bonds. The number of nitrogens with two attached hydrogens (primary N) is 1. The Morgan fingerprint density at radius 1 is 1.38 bits per heavy atom. The molecular formula is C15H24N2O3S. The summed E-state index contributed by atoms with van der Waals surface area (Å²) in [5, 5.41) is 0. The van der Waals surface area contributed by atoms with Crippen LogP contribution in [0.15, 0.2) is 23.1 Å². The monoisotopic (exact) mass is 312 g/mol. The fourth-order valence-electron chi connectivity index (χ4n) is 2.44. The number of hydrogen-bond acceptors (Lipinski definition) is 4. The Morgan fingerprint density at radius 2 is 2.05 bits per heavy atom. The van der Waals surface area contributed by atoms with Crippen molar-refractivity contribution < 1.29 is 13.2 Å². The minimum atomic E-state index is -3.62. The summed E-state index contributed by atoms with van der Waals surface area (Å²) >= 11 is 0. The molecule has 1 aromatic rings. The number of rotatable bonds is 7. The van der Waals surface area contributed by atoms with Crippen molar-refractivity contribution in [2.24, 2.45) is 11.3 Å². The Morgan fingerprint density at radius 3 is 2.57 bits per heavy atom. The largest absolute Gasteiger partial charge is 0.492 e. The van der Waals surface area contributed by atoms with Crippen LogP contribution < -0.4 is 15.2 Å². The van der Waals surface area contributed by atoms with Crippen molar-refractivity contribution in [2.75, 3.05) is 18.9 Å². The van der Waals surface area contributed by atoms with E-state index in [1.165, 1.54) is 6.07 Å². The molecule has 21 heavy (non-hydrogen) atoms. The highest BCUT2D eigenvalue weighted by Gasteiger charge is 2.45. The number of ether oxygens (including phenoxy) is 1. The van der Waals surface area contributed by atoms with E-state index in [1.807, 2.05) is 6.92 Å². The molecule has 0 atom stereocenters. The lowest BCUT2D eigenvalue weighted by Gasteiger charge is -2.20. The Bertz CT molecular complexity index is 607. The average molecular weight is 312 g/mol. The van der Waals surface area contributed by atoms with Gasteiger partial charge < -0.3 is 10.5 Å². The molecule has 0 saturated heterocycles. The summed E-state index contributed by atoms with van der Waals surface area (Å²) in [6, 6.07) is 4.69. The van der Waals surface area contributed by atoms with Crippen LogP contribution >= 0.6 is 0 Å². The minimum Gasteiger partial charge on any atom is -0.492 e. The molecule has 0 radical (unpaired) electrons. The summed E-state index contributed by atoms with van der Waals surface area (Å²) in [6.07, 6.45) is 2.14. The van der Waals surface area contributed by atoms with Gasteiger partial charge in [-0.05, 0) is 49.3 Å². The minimum absolute atomic E-state index is 0.110. The van der Waals surface area contributed by atoms with Gasteiger partial charge in [0.15, 0.2) is 0 Å². The Labute approximate surface area is 126 Å². The Balaban J connectivity index is 2.21. The summed E-state index contributed by atoms with van der Waals surface area (Å²) in [5.41, 5.74) is 6.23. The van der Waals surface area contributed by atoms with Crippen molar-refractivity contribution in [3.63, 3.8) is 0 Å². The number of anilines is 1. The third-order valence-electron chi connectivity index (χ3n) is 4.29. The number of nitrogens with one attached hydrogen (secondary N) is 1. The van der Waals surface area contributed by atoms with Gasteiger partial charge in [-0.25, -0.2) is 13.1 Å². The summed E-state index contributed by atoms with van der Waals surface area (Å²) in [4.78, 5) is 0.115. The van der Waals surface area contributed by atoms with Gasteiger partial charge in [-0.1, -0.05) is 13.8 Å². The van der Waals surface area contributed by atoms with Crippen LogP contribution in [-0.4, -0.2) is 21.6 Å². The molecule has 3 N–H and O–H groups in total. The molecule has 0 aromatic heterocycles. The van der Waals surface area contributed by atoms with Crippen LogP contribution in [-0.2, 0) is 10.0 Å². The molecule has 0 heterocycles. The van der Waals surface area contributed by atoms with Gasteiger partial charge in [-0.3, -0.25) is 0 Å². The van der Waals surface area contributed by atoms with E-state index in [0.717, 1.165) is 12.8 Å². The predicted octanol–water partition coefficient (Wildman–Crippen LogP) is 2.38. The zero-order chi connectivity index (χ0) is 15.7. The Kier molecular flexibility index (Phi) is 4.49. The van der Waals surface area contributed by atoms with E-state index in [1.54, 1.807) is 12.1 Å². The van der Waals surface area contributed by atoms with Crippen LogP contribution in [0.4, 0.5) is 5.69 Å². The second kappa shape index (κ2) is 5.85. The van der Waals surface area contributed by atoms with Crippen molar-refractivity contribution in [3.05, 3.63) is 18.2 Å². The number of benzene rings is 1. The van der Waals surface area contributed by atoms with Gasteiger partial charge >= 0.3 is 0 Å². The third-order valence-corrected chi connectivity index (χ3v) is 5.71. The SMILES string of the molecule is CCOc1ccc(N)cc1S(=O)(=O)NCC1(C(C)C)CC1. The highest BCUT2D eigenvalue weighted by atomic mass is 32.2. The highest BCUT2D eigenvalue weighted by Crippen LogP contribution is 2.51. The molecule has 0 unspecified atom stereocenters. The Hall–Kier alpha value is -1.27. The molecule has 1 fully saturated rings. The van der Waals surface area contributed by atoms with Crippen LogP contribution in [0.1, 0.15) is 33.6 Å². The van der Waals surface area contributed by atoms with Gasteiger partial charge in [0.1, 0.15) is 10.6 Å². The lowest BCUT2D eigenvalue weighted by Crippen LogP contribution is -2.33. The smallest absolute Gasteiger partial charge is 0.244 e. The average Bonchev–Trinajstić information content (AvgIpc) is 3.20. The summed E-state index contributed by atoms with van der Waals surface area (Å²) in [6.45, 7) is 6.95. The first-order valence-corrected chi connectivity index (χ1v) is 8.81. The van der Waals surface area contributed by atoms with E-state index >= 15 is 0 Å². The highest BCUT2D eigenvalue weighted by molar-refractivity contribution is 7.89. The maximum Gasteiger partial charge on any atom is 0.244 e. The summed E-state index contributed by atoms with van der Waals surface area (Å²) in [7, 11) is -3.62. The summed E-state index contributed by atoms with van der Waals surface area (Å²) in [5.74, 6) is 0.806. The van der Waals surface area contributed by atoms with Crippen LogP contribution in [0.3, 0.4) is 0 Å². The van der Waals surface area contributed by atoms with Crippen LogP contribution in [0.25, 0.3) is 0 Å². The molecule has 1 aliphatic carbocycles. The summed E-state index contributed by atoms with van der Waals surface area (Å²) < 4.78 is 33.2. The second-order valence-electron chi connectivity index (χ2n) is 5.98. The number of nitrogen functional groups attached to an aromatic ring is 1. The van der Waals surface area contributed by atoms with Crippen molar-refractivity contribution >= 4 is 15.7 Å². The molecule has 1 aromatic carbocycles. The van der Waals surface area contributed by atoms with E-state index < -0.39 is 10.0 Å². The molecule has 0 bridgehead atoms. The molecule has 5 nitrogen and oxygen atoms in total. The van der Waals surface area contributed by atoms with Gasteiger partial charge in [0.2, 0.25) is 10.0 Å². The van der Waals surface area contributed by atoms with E-state index in [9.17, 15) is 8.42 Å². The molecule has 118 valence electrons. The van der Waals surface area contributed by atoms with Crippen molar-refractivity contribution in [3.8, 4) is 5.75 Å². The molecular weight excluding hydrogens is 288 g/mol. The second-order valence-corrected chi connectivity index (χ2v) is 7.72. The zero-order valence-electron chi connectivity index (χ0n) is 12.8. The predicted molar refractivity (Wildman–Crippen MR) is 83.7 cm³/mol. The molecule has 1 aliphatic rings. The maximum atomic E-state index is 12.5. The first-order valence-electron chi connectivity index (χ1n) is 7.33. The molecule has 0 spiro atoms. The van der Waals surface area contributed by atoms with Gasteiger partial charge in [-0.15, -0.1) is 0 Å². The number of sulfonamides is 1.